The number of nitrogens with one attached hydrogen (secondary N) is 1. The molecule has 7 heteroatoms. The van der Waals surface area contributed by atoms with E-state index in [2.05, 4.69) is 12.2 Å². The van der Waals surface area contributed by atoms with E-state index < -0.39 is 6.16 Å². The second-order valence-corrected chi connectivity index (χ2v) is 6.67. The standard InChI is InChI=1S/C16H21Cl2NO.CH2O3/c1-2-11-6-8-12(9-7-11)19-16(20)10-13-14(17)4-3-5-15(13)18;2-1(3)4/h3-5,11-12H,2,6-10H2,1H3,(H,19,20);(H2,2,3,4). The van der Waals surface area contributed by atoms with Gasteiger partial charge in [0.2, 0.25) is 5.91 Å². The average molecular weight is 376 g/mol. The summed E-state index contributed by atoms with van der Waals surface area (Å²) in [7, 11) is 0. The predicted octanol–water partition coefficient (Wildman–Crippen LogP) is 4.84. The van der Waals surface area contributed by atoms with Crippen LogP contribution >= 0.6 is 23.2 Å². The molecule has 134 valence electrons. The SMILES string of the molecule is CCC1CCC(NC(=O)Cc2c(Cl)cccc2Cl)CC1.O=C(O)O. The van der Waals surface area contributed by atoms with Crippen molar-refractivity contribution in [2.45, 2.75) is 51.5 Å². The van der Waals surface area contributed by atoms with E-state index in [9.17, 15) is 4.79 Å². The fraction of sp³-hybridized carbons (Fsp3) is 0.529. The molecular weight excluding hydrogens is 353 g/mol. The second-order valence-electron chi connectivity index (χ2n) is 5.85. The van der Waals surface area contributed by atoms with Crippen LogP contribution in [0.25, 0.3) is 0 Å². The lowest BCUT2D eigenvalue weighted by Gasteiger charge is -2.28. The maximum Gasteiger partial charge on any atom is 0.503 e. The molecule has 1 aromatic carbocycles. The van der Waals surface area contributed by atoms with Gasteiger partial charge in [-0.05, 0) is 49.3 Å². The summed E-state index contributed by atoms with van der Waals surface area (Å²) in [4.78, 5) is 20.7. The average Bonchev–Trinajstić information content (AvgIpc) is 2.51. The zero-order valence-corrected chi connectivity index (χ0v) is 15.1. The van der Waals surface area contributed by atoms with Crippen molar-refractivity contribution in [1.29, 1.82) is 0 Å². The van der Waals surface area contributed by atoms with Gasteiger partial charge in [0.05, 0.1) is 6.42 Å². The molecule has 5 nitrogen and oxygen atoms in total. The summed E-state index contributed by atoms with van der Waals surface area (Å²) < 4.78 is 0. The molecule has 0 aromatic heterocycles. The number of carbonyl (C=O) groups excluding carboxylic acids is 1. The molecule has 1 saturated carbocycles. The van der Waals surface area contributed by atoms with Gasteiger partial charge in [0, 0.05) is 16.1 Å². The minimum Gasteiger partial charge on any atom is -0.450 e. The Morgan fingerprint density at radius 3 is 2.08 bits per heavy atom. The molecular formula is C17H23Cl2NO4. The van der Waals surface area contributed by atoms with Crippen LogP contribution in [0.1, 0.15) is 44.6 Å². The van der Waals surface area contributed by atoms with Crippen molar-refractivity contribution in [2.24, 2.45) is 5.92 Å². The highest BCUT2D eigenvalue weighted by atomic mass is 35.5. The topological polar surface area (TPSA) is 86.6 Å². The van der Waals surface area contributed by atoms with E-state index >= 15 is 0 Å². The van der Waals surface area contributed by atoms with E-state index in [0.29, 0.717) is 16.1 Å². The van der Waals surface area contributed by atoms with Gasteiger partial charge in [0.1, 0.15) is 0 Å². The fourth-order valence-electron chi connectivity index (χ4n) is 2.86. The van der Waals surface area contributed by atoms with Gasteiger partial charge in [0.25, 0.3) is 0 Å². The van der Waals surface area contributed by atoms with Crippen LogP contribution in [0.4, 0.5) is 4.79 Å². The summed E-state index contributed by atoms with van der Waals surface area (Å²) in [6.07, 6.45) is 4.27. The van der Waals surface area contributed by atoms with Crippen LogP contribution in [0.2, 0.25) is 10.0 Å². The Morgan fingerprint density at radius 2 is 1.62 bits per heavy atom. The number of carboxylic acid groups (broad SMARTS) is 2. The lowest BCUT2D eigenvalue weighted by molar-refractivity contribution is -0.121. The van der Waals surface area contributed by atoms with E-state index in [1.165, 1.54) is 19.3 Å². The first-order valence-electron chi connectivity index (χ1n) is 7.97. The first-order valence-corrected chi connectivity index (χ1v) is 8.73. The largest absolute Gasteiger partial charge is 0.503 e. The van der Waals surface area contributed by atoms with Crippen LogP contribution in [0, 0.1) is 5.92 Å². The Kier molecular flexibility index (Phi) is 8.93. The molecule has 0 bridgehead atoms. The first-order chi connectivity index (χ1) is 11.3. The van der Waals surface area contributed by atoms with Crippen LogP contribution in [-0.2, 0) is 11.2 Å². The van der Waals surface area contributed by atoms with Crippen molar-refractivity contribution in [3.8, 4) is 0 Å². The molecule has 3 N–H and O–H groups in total. The summed E-state index contributed by atoms with van der Waals surface area (Å²) >= 11 is 12.2. The van der Waals surface area contributed by atoms with Crippen LogP contribution in [0.15, 0.2) is 18.2 Å². The Labute approximate surface area is 152 Å². The van der Waals surface area contributed by atoms with Crippen LogP contribution in [-0.4, -0.2) is 28.3 Å². The lowest BCUT2D eigenvalue weighted by atomic mass is 9.84. The Balaban J connectivity index is 0.000000648. The highest BCUT2D eigenvalue weighted by Crippen LogP contribution is 2.27. The molecule has 2 rings (SSSR count). The van der Waals surface area contributed by atoms with Gasteiger partial charge in [-0.1, -0.05) is 42.6 Å². The number of rotatable bonds is 4. The molecule has 0 heterocycles. The maximum atomic E-state index is 12.1. The summed E-state index contributed by atoms with van der Waals surface area (Å²) in [6, 6.07) is 5.63. The molecule has 0 atom stereocenters. The molecule has 1 aromatic rings. The maximum absolute atomic E-state index is 12.1. The lowest BCUT2D eigenvalue weighted by Crippen LogP contribution is -2.38. The number of hydrogen-bond acceptors (Lipinski definition) is 2. The predicted molar refractivity (Wildman–Crippen MR) is 95.0 cm³/mol. The van der Waals surface area contributed by atoms with Crippen molar-refractivity contribution in [3.05, 3.63) is 33.8 Å². The molecule has 0 spiro atoms. The Hall–Kier alpha value is -1.46. The van der Waals surface area contributed by atoms with Crippen LogP contribution in [0.3, 0.4) is 0 Å². The summed E-state index contributed by atoms with van der Waals surface area (Å²) in [5.74, 6) is 0.848. The highest BCUT2D eigenvalue weighted by Gasteiger charge is 2.21. The third-order valence-electron chi connectivity index (χ3n) is 4.19. The van der Waals surface area contributed by atoms with E-state index in [0.717, 1.165) is 24.3 Å². The van der Waals surface area contributed by atoms with Gasteiger partial charge in [-0.3, -0.25) is 4.79 Å². The normalized spacial score (nSPS) is 19.8. The van der Waals surface area contributed by atoms with E-state index in [1.54, 1.807) is 18.2 Å². The Bertz CT molecular complexity index is 533. The summed E-state index contributed by atoms with van der Waals surface area (Å²) in [5.41, 5.74) is 0.718. The van der Waals surface area contributed by atoms with E-state index in [1.807, 2.05) is 0 Å². The molecule has 0 saturated heterocycles. The molecule has 1 aliphatic rings. The second kappa shape index (κ2) is 10.4. The van der Waals surface area contributed by atoms with Crippen molar-refractivity contribution >= 4 is 35.3 Å². The van der Waals surface area contributed by atoms with E-state index in [4.69, 9.17) is 38.2 Å². The summed E-state index contributed by atoms with van der Waals surface area (Å²) in [6.45, 7) is 2.24. The zero-order chi connectivity index (χ0) is 18.1. The fourth-order valence-corrected chi connectivity index (χ4v) is 3.39. The van der Waals surface area contributed by atoms with Gasteiger partial charge in [-0.2, -0.15) is 0 Å². The molecule has 1 aliphatic carbocycles. The number of benzene rings is 1. The minimum atomic E-state index is -1.83. The van der Waals surface area contributed by atoms with Gasteiger partial charge in [-0.25, -0.2) is 4.79 Å². The smallest absolute Gasteiger partial charge is 0.450 e. The van der Waals surface area contributed by atoms with Gasteiger partial charge in [-0.15, -0.1) is 0 Å². The monoisotopic (exact) mass is 375 g/mol. The number of carbonyl (C=O) groups is 2. The molecule has 0 aliphatic heterocycles. The first kappa shape index (κ1) is 20.6. The van der Waals surface area contributed by atoms with E-state index in [-0.39, 0.29) is 12.3 Å². The molecule has 24 heavy (non-hydrogen) atoms. The molecule has 0 unspecified atom stereocenters. The van der Waals surface area contributed by atoms with Gasteiger partial charge in [0.15, 0.2) is 0 Å². The third kappa shape index (κ3) is 7.41. The van der Waals surface area contributed by atoms with Crippen molar-refractivity contribution in [3.63, 3.8) is 0 Å². The highest BCUT2D eigenvalue weighted by molar-refractivity contribution is 6.36. The zero-order valence-electron chi connectivity index (χ0n) is 13.6. The number of amides is 1. The van der Waals surface area contributed by atoms with Crippen molar-refractivity contribution in [2.75, 3.05) is 0 Å². The molecule has 0 radical (unpaired) electrons. The minimum absolute atomic E-state index is 0.0138. The molecule has 1 fully saturated rings. The number of halogens is 2. The third-order valence-corrected chi connectivity index (χ3v) is 4.90. The van der Waals surface area contributed by atoms with Crippen LogP contribution < -0.4 is 5.32 Å². The van der Waals surface area contributed by atoms with Crippen LogP contribution in [0.5, 0.6) is 0 Å². The van der Waals surface area contributed by atoms with Crippen molar-refractivity contribution in [1.82, 2.24) is 5.32 Å². The Morgan fingerprint density at radius 1 is 1.12 bits per heavy atom. The quantitative estimate of drug-likeness (QED) is 0.702. The summed E-state index contributed by atoms with van der Waals surface area (Å²) in [5, 5.41) is 18.2. The van der Waals surface area contributed by atoms with Crippen molar-refractivity contribution < 1.29 is 19.8 Å². The molecule has 1 amide bonds. The van der Waals surface area contributed by atoms with Gasteiger partial charge >= 0.3 is 6.16 Å². The number of hydrogen-bond donors (Lipinski definition) is 3. The van der Waals surface area contributed by atoms with Gasteiger partial charge < -0.3 is 15.5 Å².